The highest BCUT2D eigenvalue weighted by molar-refractivity contribution is 9.10. The molecule has 6 heteroatoms. The highest BCUT2D eigenvalue weighted by Crippen LogP contribution is 2.25. The quantitative estimate of drug-likeness (QED) is 0.815. The van der Waals surface area contributed by atoms with Gasteiger partial charge in [-0.2, -0.15) is 0 Å². The van der Waals surface area contributed by atoms with E-state index in [1.54, 1.807) is 12.1 Å². The van der Waals surface area contributed by atoms with Crippen LogP contribution in [-0.4, -0.2) is 5.91 Å². The van der Waals surface area contributed by atoms with Crippen molar-refractivity contribution in [1.82, 2.24) is 0 Å². The molecule has 0 fully saturated rings. The maximum atomic E-state index is 13.6. The van der Waals surface area contributed by atoms with Gasteiger partial charge in [0.15, 0.2) is 0 Å². The van der Waals surface area contributed by atoms with Crippen molar-refractivity contribution in [1.29, 1.82) is 0 Å². The molecule has 0 atom stereocenters. The molecule has 0 aliphatic heterocycles. The Balaban J connectivity index is 2.33. The Labute approximate surface area is 122 Å². The molecule has 20 heavy (non-hydrogen) atoms. The monoisotopic (exact) mass is 340 g/mol. The van der Waals surface area contributed by atoms with Crippen molar-refractivity contribution < 1.29 is 13.6 Å². The Morgan fingerprint density at radius 3 is 2.60 bits per heavy atom. The average molecular weight is 341 g/mol. The van der Waals surface area contributed by atoms with E-state index >= 15 is 0 Å². The number of carbonyl (C=O) groups is 1. The van der Waals surface area contributed by atoms with E-state index in [2.05, 4.69) is 21.2 Å². The Hall–Kier alpha value is -1.95. The summed E-state index contributed by atoms with van der Waals surface area (Å²) in [6.45, 7) is 1.46. The summed E-state index contributed by atoms with van der Waals surface area (Å²) in [6, 6.07) is 6.72. The first-order chi connectivity index (χ1) is 9.38. The van der Waals surface area contributed by atoms with Crippen LogP contribution >= 0.6 is 15.9 Å². The second-order valence-electron chi connectivity index (χ2n) is 4.27. The van der Waals surface area contributed by atoms with Crippen LogP contribution in [0.25, 0.3) is 0 Å². The van der Waals surface area contributed by atoms with Gasteiger partial charge < -0.3 is 11.1 Å². The fourth-order valence-corrected chi connectivity index (χ4v) is 2.01. The maximum absolute atomic E-state index is 13.6. The summed E-state index contributed by atoms with van der Waals surface area (Å²) >= 11 is 3.25. The Morgan fingerprint density at radius 2 is 1.90 bits per heavy atom. The number of hydrogen-bond donors (Lipinski definition) is 2. The summed E-state index contributed by atoms with van der Waals surface area (Å²) in [4.78, 5) is 12.0. The molecule has 0 aromatic heterocycles. The number of nitrogens with two attached hydrogens (primary N) is 1. The first-order valence-electron chi connectivity index (χ1n) is 5.70. The van der Waals surface area contributed by atoms with E-state index in [1.807, 2.05) is 0 Å². The minimum atomic E-state index is -0.911. The summed E-state index contributed by atoms with van der Waals surface area (Å²) in [6.07, 6.45) is 0. The van der Waals surface area contributed by atoms with Crippen molar-refractivity contribution in [3.63, 3.8) is 0 Å². The second kappa shape index (κ2) is 5.58. The van der Waals surface area contributed by atoms with Gasteiger partial charge in [0.25, 0.3) is 5.91 Å². The molecule has 0 unspecified atom stereocenters. The first kappa shape index (κ1) is 14.5. The number of rotatable bonds is 2. The van der Waals surface area contributed by atoms with Crippen LogP contribution in [0.4, 0.5) is 20.2 Å². The van der Waals surface area contributed by atoms with E-state index in [1.165, 1.54) is 19.1 Å². The van der Waals surface area contributed by atoms with Crippen molar-refractivity contribution in [3.05, 3.63) is 57.6 Å². The van der Waals surface area contributed by atoms with Crippen LogP contribution in [0.3, 0.4) is 0 Å². The molecule has 0 aliphatic rings. The second-order valence-corrected chi connectivity index (χ2v) is 5.13. The van der Waals surface area contributed by atoms with Gasteiger partial charge in [0.05, 0.1) is 11.3 Å². The molecule has 0 saturated carbocycles. The van der Waals surface area contributed by atoms with Gasteiger partial charge in [0.1, 0.15) is 11.6 Å². The number of benzene rings is 2. The molecule has 0 radical (unpaired) electrons. The van der Waals surface area contributed by atoms with Gasteiger partial charge >= 0.3 is 0 Å². The lowest BCUT2D eigenvalue weighted by Crippen LogP contribution is -2.15. The standard InChI is InChI=1S/C14H11BrF2N2O/c1-7-4-9(12(17)6-11(7)16)14(20)19-13-5-8(18)2-3-10(13)15/h2-6H,18H2,1H3,(H,19,20). The molecular weight excluding hydrogens is 330 g/mol. The number of hydrogen-bond acceptors (Lipinski definition) is 2. The van der Waals surface area contributed by atoms with Crippen LogP contribution in [0.5, 0.6) is 0 Å². The van der Waals surface area contributed by atoms with Crippen LogP contribution < -0.4 is 11.1 Å². The zero-order chi connectivity index (χ0) is 14.9. The van der Waals surface area contributed by atoms with Gasteiger partial charge in [-0.25, -0.2) is 8.78 Å². The Bertz CT molecular complexity index is 689. The molecule has 1 amide bonds. The van der Waals surface area contributed by atoms with E-state index in [9.17, 15) is 13.6 Å². The molecule has 0 saturated heterocycles. The lowest BCUT2D eigenvalue weighted by molar-refractivity contribution is 0.102. The summed E-state index contributed by atoms with van der Waals surface area (Å²) in [5, 5.41) is 2.53. The predicted octanol–water partition coefficient (Wildman–Crippen LogP) is 3.87. The van der Waals surface area contributed by atoms with Gasteiger partial charge in [-0.3, -0.25) is 4.79 Å². The van der Waals surface area contributed by atoms with E-state index in [0.29, 0.717) is 21.9 Å². The SMILES string of the molecule is Cc1cc(C(=O)Nc2cc(N)ccc2Br)c(F)cc1F. The molecule has 0 bridgehead atoms. The zero-order valence-corrected chi connectivity index (χ0v) is 12.1. The molecule has 0 spiro atoms. The molecule has 104 valence electrons. The minimum absolute atomic E-state index is 0.197. The average Bonchev–Trinajstić information content (AvgIpc) is 2.38. The highest BCUT2D eigenvalue weighted by atomic mass is 79.9. The predicted molar refractivity (Wildman–Crippen MR) is 77.6 cm³/mol. The van der Waals surface area contributed by atoms with Crippen LogP contribution in [0.2, 0.25) is 0 Å². The van der Waals surface area contributed by atoms with Gasteiger partial charge in [0, 0.05) is 16.2 Å². The topological polar surface area (TPSA) is 55.1 Å². The van der Waals surface area contributed by atoms with E-state index in [0.717, 1.165) is 0 Å². The summed E-state index contributed by atoms with van der Waals surface area (Å²) in [5.41, 5.74) is 6.46. The van der Waals surface area contributed by atoms with Crippen LogP contribution in [0, 0.1) is 18.6 Å². The first-order valence-corrected chi connectivity index (χ1v) is 6.50. The normalized spacial score (nSPS) is 10.4. The van der Waals surface area contributed by atoms with Crippen molar-refractivity contribution in [2.45, 2.75) is 6.92 Å². The number of anilines is 2. The fourth-order valence-electron chi connectivity index (χ4n) is 1.66. The smallest absolute Gasteiger partial charge is 0.258 e. The third kappa shape index (κ3) is 2.96. The van der Waals surface area contributed by atoms with Gasteiger partial charge in [-0.05, 0) is 52.7 Å². The number of aryl methyl sites for hydroxylation is 1. The van der Waals surface area contributed by atoms with Crippen molar-refractivity contribution in [2.75, 3.05) is 11.1 Å². The van der Waals surface area contributed by atoms with E-state index in [-0.39, 0.29) is 11.1 Å². The fraction of sp³-hybridized carbons (Fsp3) is 0.0714. The Morgan fingerprint density at radius 1 is 1.20 bits per heavy atom. The van der Waals surface area contributed by atoms with Gasteiger partial charge in [0.2, 0.25) is 0 Å². The van der Waals surface area contributed by atoms with Crippen molar-refractivity contribution in [3.8, 4) is 0 Å². The molecule has 2 rings (SSSR count). The summed E-state index contributed by atoms with van der Waals surface area (Å²) in [7, 11) is 0. The number of halogens is 3. The third-order valence-corrected chi connectivity index (χ3v) is 3.42. The molecule has 2 aromatic rings. The van der Waals surface area contributed by atoms with Gasteiger partial charge in [-0.15, -0.1) is 0 Å². The highest BCUT2D eigenvalue weighted by Gasteiger charge is 2.15. The lowest BCUT2D eigenvalue weighted by Gasteiger charge is -2.10. The number of nitrogen functional groups attached to an aromatic ring is 1. The number of amides is 1. The van der Waals surface area contributed by atoms with Crippen molar-refractivity contribution in [2.24, 2.45) is 0 Å². The molecule has 2 aromatic carbocycles. The van der Waals surface area contributed by atoms with E-state index in [4.69, 9.17) is 5.73 Å². The van der Waals surface area contributed by atoms with Gasteiger partial charge in [-0.1, -0.05) is 0 Å². The maximum Gasteiger partial charge on any atom is 0.258 e. The molecule has 0 aliphatic carbocycles. The summed E-state index contributed by atoms with van der Waals surface area (Å²) < 4.78 is 27.4. The third-order valence-electron chi connectivity index (χ3n) is 2.73. The number of nitrogens with one attached hydrogen (secondary N) is 1. The van der Waals surface area contributed by atoms with Crippen LogP contribution in [-0.2, 0) is 0 Å². The Kier molecular flexibility index (Phi) is 4.04. The van der Waals surface area contributed by atoms with Crippen molar-refractivity contribution >= 4 is 33.2 Å². The summed E-state index contributed by atoms with van der Waals surface area (Å²) in [5.74, 6) is -2.27. The lowest BCUT2D eigenvalue weighted by atomic mass is 10.1. The minimum Gasteiger partial charge on any atom is -0.399 e. The van der Waals surface area contributed by atoms with Crippen LogP contribution in [0.15, 0.2) is 34.8 Å². The zero-order valence-electron chi connectivity index (χ0n) is 10.5. The molecule has 3 nitrogen and oxygen atoms in total. The van der Waals surface area contributed by atoms with Crippen LogP contribution in [0.1, 0.15) is 15.9 Å². The number of carbonyl (C=O) groups excluding carboxylic acids is 1. The van der Waals surface area contributed by atoms with E-state index < -0.39 is 17.5 Å². The molecule has 0 heterocycles. The largest absolute Gasteiger partial charge is 0.399 e. The molecular formula is C14H11BrF2N2O. The molecule has 3 N–H and O–H groups in total.